The lowest BCUT2D eigenvalue weighted by Gasteiger charge is -2.38. The number of rotatable bonds is 8. The van der Waals surface area contributed by atoms with Gasteiger partial charge in [-0.05, 0) is 29.8 Å². The zero-order valence-corrected chi connectivity index (χ0v) is 23.2. The Labute approximate surface area is 235 Å². The molecule has 40 heavy (non-hydrogen) atoms. The molecule has 1 saturated heterocycles. The second-order valence-corrected chi connectivity index (χ2v) is 11.1. The second-order valence-electron chi connectivity index (χ2n) is 10.1. The molecule has 0 radical (unpaired) electrons. The first-order chi connectivity index (χ1) is 19.1. The van der Waals surface area contributed by atoms with Gasteiger partial charge in [-0.2, -0.15) is 14.7 Å². The normalized spacial score (nSPS) is 18.9. The van der Waals surface area contributed by atoms with Crippen molar-refractivity contribution in [3.63, 3.8) is 0 Å². The number of phenols is 2. The molecule has 11 nitrogen and oxygen atoms in total. The molecule has 1 unspecified atom stereocenters. The summed E-state index contributed by atoms with van der Waals surface area (Å²) < 4.78 is 6.70. The van der Waals surface area contributed by atoms with Gasteiger partial charge in [0.1, 0.15) is 35.2 Å². The molecule has 12 heteroatoms. The molecule has 1 aromatic heterocycles. The van der Waals surface area contributed by atoms with E-state index in [-0.39, 0.29) is 27.9 Å². The molecule has 1 fully saturated rings. The number of amides is 3. The summed E-state index contributed by atoms with van der Waals surface area (Å²) in [4.78, 5) is 42.9. The lowest BCUT2D eigenvalue weighted by atomic mass is 10.0. The number of carbonyl (C=O) groups excluding carboxylic acids is 3. The number of phenolic OH excluding ortho intramolecular Hbond substituents is 2. The third kappa shape index (κ3) is 7.01. The fourth-order valence-electron chi connectivity index (χ4n) is 5.05. The van der Waals surface area contributed by atoms with Crippen LogP contribution in [0, 0.1) is 0 Å². The van der Waals surface area contributed by atoms with E-state index in [1.807, 2.05) is 6.07 Å². The lowest BCUT2D eigenvalue weighted by Crippen LogP contribution is -2.56. The average Bonchev–Trinajstić information content (AvgIpc) is 3.37. The van der Waals surface area contributed by atoms with Crippen molar-refractivity contribution in [1.29, 1.82) is 0 Å². The van der Waals surface area contributed by atoms with Crippen molar-refractivity contribution in [3.8, 4) is 11.5 Å². The Bertz CT molecular complexity index is 1440. The first kappa shape index (κ1) is 28.7. The van der Waals surface area contributed by atoms with Crippen LogP contribution in [-0.2, 0) is 22.5 Å². The van der Waals surface area contributed by atoms with Gasteiger partial charge in [-0.3, -0.25) is 4.79 Å². The molecular weight excluding hydrogens is 534 g/mol. The van der Waals surface area contributed by atoms with E-state index < -0.39 is 23.9 Å². The van der Waals surface area contributed by atoms with Gasteiger partial charge in [0, 0.05) is 24.8 Å². The number of nitrogens with one attached hydrogen (secondary N) is 1. The number of hydrogen-bond acceptors (Lipinski definition) is 8. The van der Waals surface area contributed by atoms with Gasteiger partial charge in [-0.15, -0.1) is 0 Å². The maximum absolute atomic E-state index is 13.8. The van der Waals surface area contributed by atoms with Gasteiger partial charge in [0.25, 0.3) is 11.0 Å². The van der Waals surface area contributed by atoms with E-state index in [1.165, 1.54) is 30.0 Å². The summed E-state index contributed by atoms with van der Waals surface area (Å²) in [5.74, 6) is -0.985. The highest BCUT2D eigenvalue weighted by Crippen LogP contribution is 2.24. The minimum atomic E-state index is -1.02. The highest BCUT2D eigenvalue weighted by molar-refractivity contribution is 7.17. The number of piperidine rings is 1. The first-order valence-electron chi connectivity index (χ1n) is 12.7. The average molecular weight is 568 g/mol. The van der Waals surface area contributed by atoms with Crippen LogP contribution in [0.25, 0.3) is 0 Å². The van der Waals surface area contributed by atoms with Gasteiger partial charge in [-0.1, -0.05) is 35.6 Å². The maximum atomic E-state index is 13.8. The molecule has 210 valence electrons. The quantitative estimate of drug-likeness (QED) is 0.185. The molecule has 2 atom stereocenters. The molecule has 0 spiro atoms. The van der Waals surface area contributed by atoms with Crippen molar-refractivity contribution >= 4 is 40.1 Å². The number of ether oxygens (including phenoxy) is 1. The van der Waals surface area contributed by atoms with Crippen molar-refractivity contribution < 1.29 is 38.4 Å². The lowest BCUT2D eigenvalue weighted by molar-refractivity contribution is -0.918. The van der Waals surface area contributed by atoms with Crippen LogP contribution < -0.4 is 11.1 Å². The standard InChI is InChI=1S/C28H31N5O6S/c1-33(16-19-5-3-7-22(35)13-19)12-4-6-20(17-33)32(23(25(29)36)14-18-8-10-21(34)11-9-18)28(38)31-27-30-15-24(40-27)26(37)39-2/h3,5,7-11,13,15,23H,4,6,12,14,16-17H2,1-2H3,(H3-2,29,30,31,34,35,36,37,38)/p+2/b32-20-/t23-,33?/m0/s1. The van der Waals surface area contributed by atoms with Crippen LogP contribution in [0.1, 0.15) is 33.6 Å². The maximum Gasteiger partial charge on any atom is 0.498 e. The number of methoxy groups -OCH3 is 1. The Morgan fingerprint density at radius 1 is 1.15 bits per heavy atom. The third-order valence-corrected chi connectivity index (χ3v) is 7.77. The van der Waals surface area contributed by atoms with E-state index in [4.69, 9.17) is 10.5 Å². The number of likely N-dealkylation sites (tertiary alicyclic amines) is 1. The minimum Gasteiger partial charge on any atom is -0.508 e. The predicted molar refractivity (Wildman–Crippen MR) is 149 cm³/mol. The Balaban J connectivity index is 1.71. The van der Waals surface area contributed by atoms with E-state index >= 15 is 0 Å². The number of esters is 1. The molecule has 0 saturated carbocycles. The molecule has 0 bridgehead atoms. The van der Waals surface area contributed by atoms with Gasteiger partial charge in [0.2, 0.25) is 0 Å². The number of quaternary nitrogens is 1. The molecule has 2 aromatic carbocycles. The summed E-state index contributed by atoms with van der Waals surface area (Å²) in [6.45, 7) is 1.91. The smallest absolute Gasteiger partial charge is 0.498 e. The summed E-state index contributed by atoms with van der Waals surface area (Å²) in [6.07, 6.45) is 2.79. The monoisotopic (exact) mass is 567 g/mol. The first-order valence-corrected chi connectivity index (χ1v) is 13.6. The Morgan fingerprint density at radius 3 is 2.58 bits per heavy atom. The minimum absolute atomic E-state index is 0.0841. The van der Waals surface area contributed by atoms with E-state index in [1.54, 1.807) is 30.3 Å². The third-order valence-electron chi connectivity index (χ3n) is 6.87. The summed E-state index contributed by atoms with van der Waals surface area (Å²) >= 11 is 0.961. The van der Waals surface area contributed by atoms with Crippen LogP contribution in [0.3, 0.4) is 0 Å². The Kier molecular flexibility index (Phi) is 8.80. The molecule has 1 aliphatic heterocycles. The second kappa shape index (κ2) is 12.3. The molecular formula is C28H33N5O6S+2. The number of benzene rings is 2. The van der Waals surface area contributed by atoms with Gasteiger partial charge in [-0.25, -0.2) is 9.78 Å². The molecule has 1 aliphatic rings. The summed E-state index contributed by atoms with van der Waals surface area (Å²) in [5.41, 5.74) is 8.30. The zero-order valence-electron chi connectivity index (χ0n) is 22.4. The molecule has 5 N–H and O–H groups in total. The number of nitrogens with two attached hydrogens (primary N) is 1. The van der Waals surface area contributed by atoms with Crippen molar-refractivity contribution in [2.75, 3.05) is 32.6 Å². The molecule has 3 amide bonds. The molecule has 0 aliphatic carbocycles. The number of aromatic hydroxyl groups is 2. The number of aromatic nitrogens is 1. The van der Waals surface area contributed by atoms with Gasteiger partial charge in [0.15, 0.2) is 6.04 Å². The van der Waals surface area contributed by atoms with Gasteiger partial charge < -0.3 is 25.2 Å². The van der Waals surface area contributed by atoms with E-state index in [9.17, 15) is 24.6 Å². The SMILES string of the molecule is COC(=O)c1cnc(NC(=O)/[N+](=C2/CCC[N+](C)(Cc3cccc(O)c3)C2)[C@@H](Cc2ccc(O)cc2)C(N)=O)s1. The van der Waals surface area contributed by atoms with E-state index in [0.717, 1.165) is 41.1 Å². The van der Waals surface area contributed by atoms with Crippen molar-refractivity contribution in [1.82, 2.24) is 4.98 Å². The highest BCUT2D eigenvalue weighted by Gasteiger charge is 2.39. The summed E-state index contributed by atoms with van der Waals surface area (Å²) in [6, 6.07) is 11.9. The van der Waals surface area contributed by atoms with Crippen LogP contribution in [0.5, 0.6) is 11.5 Å². The van der Waals surface area contributed by atoms with Crippen molar-refractivity contribution in [2.24, 2.45) is 5.73 Å². The van der Waals surface area contributed by atoms with Crippen LogP contribution in [0.15, 0.2) is 54.7 Å². The van der Waals surface area contributed by atoms with E-state index in [2.05, 4.69) is 17.3 Å². The van der Waals surface area contributed by atoms with Crippen LogP contribution in [0.4, 0.5) is 9.93 Å². The predicted octanol–water partition coefficient (Wildman–Crippen LogP) is 2.86. The number of nitrogens with zero attached hydrogens (tertiary/aromatic N) is 3. The molecule has 2 heterocycles. The zero-order chi connectivity index (χ0) is 28.9. The fourth-order valence-corrected chi connectivity index (χ4v) is 5.77. The number of urea groups is 1. The summed E-state index contributed by atoms with van der Waals surface area (Å²) in [7, 11) is 3.33. The largest absolute Gasteiger partial charge is 0.508 e. The van der Waals surface area contributed by atoms with Crippen molar-refractivity contribution in [2.45, 2.75) is 31.8 Å². The summed E-state index contributed by atoms with van der Waals surface area (Å²) in [5, 5.41) is 22.6. The fraction of sp³-hybridized carbons (Fsp3) is 0.321. The number of anilines is 1. The van der Waals surface area contributed by atoms with Crippen LogP contribution >= 0.6 is 11.3 Å². The van der Waals surface area contributed by atoms with E-state index in [0.29, 0.717) is 24.0 Å². The number of hydrogen-bond donors (Lipinski definition) is 4. The Hall–Kier alpha value is -4.29. The number of primary amides is 1. The van der Waals surface area contributed by atoms with Gasteiger partial charge in [0.05, 0.1) is 26.9 Å². The highest BCUT2D eigenvalue weighted by atomic mass is 32.1. The topological polar surface area (TPSA) is 155 Å². The van der Waals surface area contributed by atoms with Crippen LogP contribution in [0.2, 0.25) is 0 Å². The van der Waals surface area contributed by atoms with Gasteiger partial charge >= 0.3 is 12.0 Å². The Morgan fingerprint density at radius 2 is 1.90 bits per heavy atom. The van der Waals surface area contributed by atoms with Crippen LogP contribution in [-0.4, -0.2) is 81.2 Å². The number of thiazole rings is 1. The molecule has 3 aromatic rings. The number of carbonyl (C=O) groups is 3. The molecule has 4 rings (SSSR count). The van der Waals surface area contributed by atoms with Crippen molar-refractivity contribution in [3.05, 3.63) is 70.7 Å².